The van der Waals surface area contributed by atoms with Crippen molar-refractivity contribution < 1.29 is 28.8 Å². The number of esters is 2. The lowest BCUT2D eigenvalue weighted by molar-refractivity contribution is -0.162. The second-order valence-corrected chi connectivity index (χ2v) is 6.52. The smallest absolute Gasteiger partial charge is 0.349 e. The zero-order chi connectivity index (χ0) is 23.6. The number of ether oxygens (including phenoxy) is 1. The molecular weight excluding hydrogens is 414 g/mol. The van der Waals surface area contributed by atoms with Crippen LogP contribution in [0.3, 0.4) is 0 Å². The number of aliphatic imine (C=N–C) groups is 1. The number of rotatable bonds is 12. The molecule has 0 aliphatic carbocycles. The van der Waals surface area contributed by atoms with E-state index in [1.54, 1.807) is 0 Å². The van der Waals surface area contributed by atoms with E-state index in [1.807, 2.05) is 0 Å². The van der Waals surface area contributed by atoms with E-state index >= 15 is 0 Å². The number of imidazole rings is 1. The van der Waals surface area contributed by atoms with Gasteiger partial charge in [-0.3, -0.25) is 9.79 Å². The Morgan fingerprint density at radius 1 is 1.00 bits per heavy atom. The number of aromatic nitrogens is 2. The van der Waals surface area contributed by atoms with Crippen LogP contribution in [-0.4, -0.2) is 64.2 Å². The molecule has 31 heavy (non-hydrogen) atoms. The summed E-state index contributed by atoms with van der Waals surface area (Å²) >= 11 is 0. The van der Waals surface area contributed by atoms with Crippen LogP contribution in [0, 0.1) is 0 Å². The Morgan fingerprint density at radius 2 is 1.65 bits per heavy atom. The van der Waals surface area contributed by atoms with E-state index < -0.39 is 48.4 Å². The fourth-order valence-corrected chi connectivity index (χ4v) is 2.17. The van der Waals surface area contributed by atoms with E-state index in [9.17, 15) is 19.2 Å². The lowest BCUT2D eigenvalue weighted by Crippen LogP contribution is -2.42. The molecule has 0 saturated carbocycles. The van der Waals surface area contributed by atoms with Crippen LogP contribution in [0.2, 0.25) is 0 Å². The van der Waals surface area contributed by atoms with Gasteiger partial charge in [-0.05, 0) is 12.8 Å². The molecule has 1 aromatic rings. The van der Waals surface area contributed by atoms with Crippen molar-refractivity contribution in [2.24, 2.45) is 39.4 Å². The van der Waals surface area contributed by atoms with Crippen LogP contribution in [0.5, 0.6) is 0 Å². The summed E-state index contributed by atoms with van der Waals surface area (Å²) < 4.78 is 5.51. The number of amides is 1. The Morgan fingerprint density at radius 3 is 2.26 bits per heavy atom. The Balaban J connectivity index is 2.50. The summed E-state index contributed by atoms with van der Waals surface area (Å²) in [4.78, 5) is 59.0. The average Bonchev–Trinajstić information content (AvgIpc) is 3.10. The summed E-state index contributed by atoms with van der Waals surface area (Å²) in [5, 5.41) is 0. The first-order valence-electron chi connectivity index (χ1n) is 9.10. The minimum atomic E-state index is -1.38. The lowest BCUT2D eigenvalue weighted by atomic mass is 10.2. The number of primary amides is 1. The number of nitrogens with two attached hydrogens (primary N) is 6. The van der Waals surface area contributed by atoms with Crippen molar-refractivity contribution >= 4 is 29.8 Å². The van der Waals surface area contributed by atoms with Crippen LogP contribution in [0.4, 0.5) is 0 Å². The summed E-state index contributed by atoms with van der Waals surface area (Å²) in [6.45, 7) is 0.322. The molecule has 0 bridgehead atoms. The highest BCUT2D eigenvalue weighted by molar-refractivity contribution is 5.93. The van der Waals surface area contributed by atoms with Gasteiger partial charge in [0.05, 0.1) is 18.3 Å². The van der Waals surface area contributed by atoms with Crippen molar-refractivity contribution in [2.75, 3.05) is 6.54 Å². The molecule has 15 nitrogen and oxygen atoms in total. The zero-order valence-corrected chi connectivity index (χ0v) is 16.7. The summed E-state index contributed by atoms with van der Waals surface area (Å²) in [5.74, 6) is -3.80. The molecule has 3 atom stereocenters. The Kier molecular flexibility index (Phi) is 10.0. The highest BCUT2D eigenvalue weighted by Gasteiger charge is 2.25. The summed E-state index contributed by atoms with van der Waals surface area (Å²) in [6.07, 6.45) is 2.63. The predicted molar refractivity (Wildman–Crippen MR) is 106 cm³/mol. The SMILES string of the molecule is NC(=O)C[C@H](N)C(=O)OC(=O)[C@@H](N)Cc1cn(OC(=O)[C@@H](N)CCCN=C(N)N)cn1. The lowest BCUT2D eigenvalue weighted by Gasteiger charge is -2.12. The molecule has 0 unspecified atom stereocenters. The summed E-state index contributed by atoms with van der Waals surface area (Å²) in [5.41, 5.74) is 32.4. The van der Waals surface area contributed by atoms with Gasteiger partial charge < -0.3 is 44.0 Å². The van der Waals surface area contributed by atoms with Gasteiger partial charge in [-0.15, -0.1) is 0 Å². The van der Waals surface area contributed by atoms with Gasteiger partial charge in [0.25, 0.3) is 0 Å². The second-order valence-electron chi connectivity index (χ2n) is 6.52. The first-order valence-corrected chi connectivity index (χ1v) is 9.10. The van der Waals surface area contributed by atoms with Gasteiger partial charge in [-0.2, -0.15) is 4.73 Å². The molecule has 12 N–H and O–H groups in total. The largest absolute Gasteiger partial charge is 0.391 e. The molecule has 0 aliphatic heterocycles. The molecule has 0 fully saturated rings. The van der Waals surface area contributed by atoms with Crippen LogP contribution in [0.15, 0.2) is 17.5 Å². The van der Waals surface area contributed by atoms with Gasteiger partial charge in [0.2, 0.25) is 5.91 Å². The van der Waals surface area contributed by atoms with Gasteiger partial charge in [0, 0.05) is 13.0 Å². The average molecular weight is 441 g/mol. The van der Waals surface area contributed by atoms with Crippen molar-refractivity contribution in [1.29, 1.82) is 0 Å². The minimum Gasteiger partial charge on any atom is -0.391 e. The van der Waals surface area contributed by atoms with Gasteiger partial charge in [-0.1, -0.05) is 0 Å². The van der Waals surface area contributed by atoms with Gasteiger partial charge >= 0.3 is 17.9 Å². The van der Waals surface area contributed by atoms with E-state index in [0.29, 0.717) is 19.4 Å². The van der Waals surface area contributed by atoms with Crippen molar-refractivity contribution in [3.63, 3.8) is 0 Å². The Hall–Kier alpha value is -3.56. The molecule has 0 aliphatic rings. The van der Waals surface area contributed by atoms with Crippen LogP contribution >= 0.6 is 0 Å². The number of hydrogen-bond donors (Lipinski definition) is 6. The standard InChI is InChI=1S/C16H27N9O6/c17-9(2-1-3-23-16(21)22)15(29)31-25-6-8(24-7-25)4-10(18)13(27)30-14(28)11(19)5-12(20)26/h6-7,9-11H,1-5,17-19H2,(H2,20,26)(H4,21,22,23)/t9-,10-,11-/m0/s1. The number of hydrogen-bond acceptors (Lipinski definition) is 11. The molecule has 0 saturated heterocycles. The minimum absolute atomic E-state index is 0.0537. The molecule has 0 spiro atoms. The highest BCUT2D eigenvalue weighted by atomic mass is 16.7. The third-order valence-electron chi connectivity index (χ3n) is 3.74. The molecular formula is C16H27N9O6. The van der Waals surface area contributed by atoms with Crippen molar-refractivity contribution in [2.45, 2.75) is 43.8 Å². The predicted octanol–water partition coefficient (Wildman–Crippen LogP) is -4.64. The van der Waals surface area contributed by atoms with Crippen LogP contribution in [0.1, 0.15) is 25.0 Å². The van der Waals surface area contributed by atoms with Crippen molar-refractivity contribution in [3.8, 4) is 0 Å². The molecule has 0 radical (unpaired) electrons. The maximum atomic E-state index is 12.0. The molecule has 172 valence electrons. The summed E-state index contributed by atoms with van der Waals surface area (Å²) in [6, 6.07) is -3.55. The molecule has 1 aromatic heterocycles. The fraction of sp³-hybridized carbons (Fsp3) is 0.500. The maximum absolute atomic E-state index is 12.0. The molecule has 15 heteroatoms. The van der Waals surface area contributed by atoms with Crippen LogP contribution < -0.4 is 39.2 Å². The topological polar surface area (TPSA) is 273 Å². The number of nitrogens with zero attached hydrogens (tertiary/aromatic N) is 3. The molecule has 1 rings (SSSR count). The first kappa shape index (κ1) is 25.5. The second kappa shape index (κ2) is 12.2. The first-order chi connectivity index (χ1) is 14.5. The third kappa shape index (κ3) is 9.66. The zero-order valence-electron chi connectivity index (χ0n) is 16.7. The normalized spacial score (nSPS) is 13.5. The quantitative estimate of drug-likeness (QED) is 0.0587. The highest BCUT2D eigenvalue weighted by Crippen LogP contribution is 2.03. The van der Waals surface area contributed by atoms with Crippen molar-refractivity contribution in [3.05, 3.63) is 18.2 Å². The fourth-order valence-electron chi connectivity index (χ4n) is 2.17. The number of carbonyl (C=O) groups is 4. The Bertz CT molecular complexity index is 820. The van der Waals surface area contributed by atoms with E-state index in [1.165, 1.54) is 12.5 Å². The molecule has 0 aromatic carbocycles. The van der Waals surface area contributed by atoms with Crippen molar-refractivity contribution in [1.82, 2.24) is 9.71 Å². The number of carbonyl (C=O) groups excluding carboxylic acids is 4. The third-order valence-corrected chi connectivity index (χ3v) is 3.74. The van der Waals surface area contributed by atoms with E-state index in [4.69, 9.17) is 39.2 Å². The van der Waals surface area contributed by atoms with E-state index in [0.717, 1.165) is 4.73 Å². The maximum Gasteiger partial charge on any atom is 0.349 e. The number of guanidine groups is 1. The van der Waals surface area contributed by atoms with Crippen LogP contribution in [-0.2, 0) is 30.3 Å². The van der Waals surface area contributed by atoms with Gasteiger partial charge in [0.1, 0.15) is 24.5 Å². The molecule has 1 heterocycles. The Labute approximate surface area is 177 Å². The van der Waals surface area contributed by atoms with Crippen LogP contribution in [0.25, 0.3) is 0 Å². The van der Waals surface area contributed by atoms with E-state index in [-0.39, 0.29) is 18.1 Å². The summed E-state index contributed by atoms with van der Waals surface area (Å²) in [7, 11) is 0. The molecule has 1 amide bonds. The van der Waals surface area contributed by atoms with E-state index in [2.05, 4.69) is 14.7 Å². The van der Waals surface area contributed by atoms with Gasteiger partial charge in [-0.25, -0.2) is 19.4 Å². The van der Waals surface area contributed by atoms with Gasteiger partial charge in [0.15, 0.2) is 5.96 Å². The monoisotopic (exact) mass is 441 g/mol.